The Labute approximate surface area is 131 Å². The maximum Gasteiger partial charge on any atom is 0.274 e. The molecule has 0 aliphatic carbocycles. The van der Waals surface area contributed by atoms with E-state index in [1.807, 2.05) is 6.07 Å². The number of rotatable bonds is 0. The first-order chi connectivity index (χ1) is 9.36. The highest BCUT2D eigenvalue weighted by Crippen LogP contribution is 2.37. The second-order valence-electron chi connectivity index (χ2n) is 5.41. The fourth-order valence-corrected chi connectivity index (χ4v) is 3.60. The molecule has 20 heavy (non-hydrogen) atoms. The van der Waals surface area contributed by atoms with E-state index < -0.39 is 9.70 Å². The molecule has 2 atom stereocenters. The summed E-state index contributed by atoms with van der Waals surface area (Å²) in [5.74, 6) is -0.116. The first-order valence-electron chi connectivity index (χ1n) is 6.42. The molecule has 2 unspecified atom stereocenters. The van der Waals surface area contributed by atoms with E-state index in [0.29, 0.717) is 19.6 Å². The van der Waals surface area contributed by atoms with Crippen LogP contribution in [0.2, 0.25) is 0 Å². The second kappa shape index (κ2) is 4.93. The minimum absolute atomic E-state index is 0.0124. The van der Waals surface area contributed by atoms with Crippen molar-refractivity contribution in [1.82, 2.24) is 9.47 Å². The van der Waals surface area contributed by atoms with Gasteiger partial charge in [-0.05, 0) is 18.4 Å². The van der Waals surface area contributed by atoms with E-state index in [2.05, 4.69) is 0 Å². The molecular weight excluding hydrogens is 323 g/mol. The largest absolute Gasteiger partial charge is 0.338 e. The van der Waals surface area contributed by atoms with Crippen molar-refractivity contribution in [3.63, 3.8) is 0 Å². The predicted octanol–water partition coefficient (Wildman–Crippen LogP) is 2.16. The lowest BCUT2D eigenvalue weighted by Crippen LogP contribution is -2.51. The smallest absolute Gasteiger partial charge is 0.274 e. The van der Waals surface area contributed by atoms with Crippen LogP contribution in [0.4, 0.5) is 0 Å². The van der Waals surface area contributed by atoms with Gasteiger partial charge in [-0.15, -0.1) is 0 Å². The Morgan fingerprint density at radius 2 is 1.95 bits per heavy atom. The molecule has 0 N–H and O–H groups in total. The van der Waals surface area contributed by atoms with E-state index in [1.165, 1.54) is 0 Å². The van der Waals surface area contributed by atoms with Gasteiger partial charge in [-0.3, -0.25) is 9.59 Å². The number of piperidine rings is 1. The predicted molar refractivity (Wildman–Crippen MR) is 78.4 cm³/mol. The van der Waals surface area contributed by atoms with Gasteiger partial charge in [0, 0.05) is 37.3 Å². The molecule has 1 aromatic rings. The van der Waals surface area contributed by atoms with Crippen LogP contribution in [0, 0.1) is 5.92 Å². The van der Waals surface area contributed by atoms with E-state index in [4.69, 9.17) is 34.8 Å². The fraction of sp³-hybridized carbons (Fsp3) is 0.538. The number of amides is 1. The highest BCUT2D eigenvalue weighted by Gasteiger charge is 2.41. The average molecular weight is 336 g/mol. The molecule has 1 aromatic heterocycles. The fourth-order valence-electron chi connectivity index (χ4n) is 3.24. The number of pyridine rings is 1. The molecule has 0 radical (unpaired) electrons. The van der Waals surface area contributed by atoms with Crippen molar-refractivity contribution in [2.24, 2.45) is 5.92 Å². The Hall–Kier alpha value is -0.710. The number of carbonyl (C=O) groups excluding carboxylic acids is 1. The molecule has 1 amide bonds. The highest BCUT2D eigenvalue weighted by atomic mass is 35.6. The quantitative estimate of drug-likeness (QED) is 0.682. The average Bonchev–Trinajstić information content (AvgIpc) is 2.38. The van der Waals surface area contributed by atoms with Crippen LogP contribution >= 0.6 is 34.8 Å². The summed E-state index contributed by atoms with van der Waals surface area (Å²) in [6.07, 6.45) is 0.965. The summed E-state index contributed by atoms with van der Waals surface area (Å²) < 4.78 is -0.113. The number of carbonyl (C=O) groups is 1. The second-order valence-corrected chi connectivity index (χ2v) is 7.69. The molecule has 0 spiro atoms. The standard InChI is InChI=1S/C13H13Cl3N2O2/c14-13(15,16)12(20)17-5-8-4-9(7-17)10-2-1-3-11(19)18(10)6-8/h1-3,8-9H,4-7H2. The van der Waals surface area contributed by atoms with Crippen molar-refractivity contribution < 1.29 is 4.79 Å². The molecule has 0 aromatic carbocycles. The molecule has 2 bridgehead atoms. The Bertz CT molecular complexity index is 608. The summed E-state index contributed by atoms with van der Waals surface area (Å²) in [6, 6.07) is 5.25. The van der Waals surface area contributed by atoms with Gasteiger partial charge in [0.05, 0.1) is 0 Å². The zero-order valence-electron chi connectivity index (χ0n) is 10.6. The Kier molecular flexibility index (Phi) is 3.51. The zero-order valence-corrected chi connectivity index (χ0v) is 12.8. The van der Waals surface area contributed by atoms with Crippen molar-refractivity contribution >= 4 is 40.7 Å². The first kappa shape index (κ1) is 14.2. The molecule has 7 heteroatoms. The third-order valence-electron chi connectivity index (χ3n) is 4.01. The van der Waals surface area contributed by atoms with Crippen LogP contribution in [-0.2, 0) is 11.3 Å². The van der Waals surface area contributed by atoms with Crippen LogP contribution in [0.15, 0.2) is 23.0 Å². The molecule has 1 saturated heterocycles. The van der Waals surface area contributed by atoms with Gasteiger partial charge in [-0.2, -0.15) is 0 Å². The van der Waals surface area contributed by atoms with Crippen molar-refractivity contribution in [1.29, 1.82) is 0 Å². The maximum atomic E-state index is 12.1. The van der Waals surface area contributed by atoms with Gasteiger partial charge in [0.1, 0.15) is 0 Å². The molecule has 2 aliphatic rings. The van der Waals surface area contributed by atoms with Crippen molar-refractivity contribution in [2.75, 3.05) is 13.1 Å². The van der Waals surface area contributed by atoms with Crippen LogP contribution < -0.4 is 5.56 Å². The van der Waals surface area contributed by atoms with Crippen LogP contribution in [0.3, 0.4) is 0 Å². The van der Waals surface area contributed by atoms with E-state index in [0.717, 1.165) is 12.1 Å². The van der Waals surface area contributed by atoms with Gasteiger partial charge in [0.25, 0.3) is 15.3 Å². The van der Waals surface area contributed by atoms with Crippen LogP contribution in [-0.4, -0.2) is 32.3 Å². The van der Waals surface area contributed by atoms with Gasteiger partial charge >= 0.3 is 0 Å². The lowest BCUT2D eigenvalue weighted by Gasteiger charge is -2.43. The molecule has 4 nitrogen and oxygen atoms in total. The van der Waals surface area contributed by atoms with E-state index in [9.17, 15) is 9.59 Å². The molecule has 0 saturated carbocycles. The zero-order chi connectivity index (χ0) is 14.5. The van der Waals surface area contributed by atoms with E-state index >= 15 is 0 Å². The number of hydrogen-bond acceptors (Lipinski definition) is 2. The Balaban J connectivity index is 1.91. The minimum Gasteiger partial charge on any atom is -0.338 e. The lowest BCUT2D eigenvalue weighted by molar-refractivity contribution is -0.132. The molecular formula is C13H13Cl3N2O2. The highest BCUT2D eigenvalue weighted by molar-refractivity contribution is 6.76. The maximum absolute atomic E-state index is 12.1. The van der Waals surface area contributed by atoms with Crippen molar-refractivity contribution in [3.05, 3.63) is 34.2 Å². The SMILES string of the molecule is O=C(N1CC2CC(C1)c1cccc(=O)n1C2)C(Cl)(Cl)Cl. The number of nitrogens with zero attached hydrogens (tertiary/aromatic N) is 2. The summed E-state index contributed by atoms with van der Waals surface area (Å²) in [6.45, 7) is 1.64. The summed E-state index contributed by atoms with van der Waals surface area (Å²) in [7, 11) is 0. The van der Waals surface area contributed by atoms with Gasteiger partial charge in [-0.25, -0.2) is 0 Å². The number of hydrogen-bond donors (Lipinski definition) is 0. The third kappa shape index (κ3) is 2.45. The Morgan fingerprint density at radius 1 is 1.20 bits per heavy atom. The third-order valence-corrected chi connectivity index (χ3v) is 4.49. The van der Waals surface area contributed by atoms with Crippen molar-refractivity contribution in [3.8, 4) is 0 Å². The Morgan fingerprint density at radius 3 is 2.65 bits per heavy atom. The number of alkyl halides is 3. The molecule has 3 rings (SSSR count). The summed E-state index contributed by atoms with van der Waals surface area (Å²) in [5, 5.41) is 0. The molecule has 1 fully saturated rings. The lowest BCUT2D eigenvalue weighted by atomic mass is 9.83. The van der Waals surface area contributed by atoms with E-state index in [-0.39, 0.29) is 17.4 Å². The summed E-state index contributed by atoms with van der Waals surface area (Å²) >= 11 is 17.1. The normalized spacial score (nSPS) is 25.2. The van der Waals surface area contributed by atoms with Crippen molar-refractivity contribution in [2.45, 2.75) is 22.7 Å². The van der Waals surface area contributed by atoms with Gasteiger partial charge in [-0.1, -0.05) is 40.9 Å². The number of halogens is 3. The van der Waals surface area contributed by atoms with Crippen LogP contribution in [0.1, 0.15) is 18.0 Å². The van der Waals surface area contributed by atoms with Gasteiger partial charge in [0.2, 0.25) is 0 Å². The number of likely N-dealkylation sites (tertiary alicyclic amines) is 1. The summed E-state index contributed by atoms with van der Waals surface area (Å²) in [5.41, 5.74) is 0.980. The van der Waals surface area contributed by atoms with Crippen LogP contribution in [0.25, 0.3) is 0 Å². The van der Waals surface area contributed by atoms with E-state index in [1.54, 1.807) is 21.6 Å². The summed E-state index contributed by atoms with van der Waals surface area (Å²) in [4.78, 5) is 25.6. The number of aromatic nitrogens is 1. The number of fused-ring (bicyclic) bond motifs is 4. The topological polar surface area (TPSA) is 42.3 Å². The van der Waals surface area contributed by atoms with Crippen LogP contribution in [0.5, 0.6) is 0 Å². The molecule has 3 heterocycles. The molecule has 108 valence electrons. The minimum atomic E-state index is -1.91. The first-order valence-corrected chi connectivity index (χ1v) is 7.55. The van der Waals surface area contributed by atoms with Gasteiger partial charge in [0.15, 0.2) is 0 Å². The monoisotopic (exact) mass is 334 g/mol. The molecule has 2 aliphatic heterocycles. The van der Waals surface area contributed by atoms with Gasteiger partial charge < -0.3 is 9.47 Å².